The number of carbonyl (C=O) groups is 2. The number of nitrogens with one attached hydrogen (secondary N) is 1. The monoisotopic (exact) mass is 259 g/mol. The van der Waals surface area contributed by atoms with Gasteiger partial charge in [0.25, 0.3) is 0 Å². The van der Waals surface area contributed by atoms with E-state index in [0.29, 0.717) is 6.42 Å². The zero-order valence-corrected chi connectivity index (χ0v) is 11.6. The standard InChI is InChI=1S/C16H21NO2/c1-3-7-13-14(10-15(18)17-16(13)19)12-9-6-5-8-11(12)4-2/h5-6,8-9,13-14H,3-4,7,10H2,1-2H3,(H,17,18,19). The number of imide groups is 1. The van der Waals surface area contributed by atoms with Crippen molar-refractivity contribution in [2.24, 2.45) is 5.92 Å². The summed E-state index contributed by atoms with van der Waals surface area (Å²) >= 11 is 0. The number of aryl methyl sites for hydroxylation is 1. The van der Waals surface area contributed by atoms with Crippen LogP contribution in [0.2, 0.25) is 0 Å². The van der Waals surface area contributed by atoms with Crippen molar-refractivity contribution in [3.8, 4) is 0 Å². The molecule has 1 saturated heterocycles. The lowest BCUT2D eigenvalue weighted by Crippen LogP contribution is -2.44. The highest BCUT2D eigenvalue weighted by atomic mass is 16.2. The average molecular weight is 259 g/mol. The highest BCUT2D eigenvalue weighted by Crippen LogP contribution is 2.36. The number of amides is 2. The lowest BCUT2D eigenvalue weighted by molar-refractivity contribution is -0.137. The van der Waals surface area contributed by atoms with Crippen molar-refractivity contribution in [2.75, 3.05) is 0 Å². The van der Waals surface area contributed by atoms with Crippen LogP contribution in [0, 0.1) is 5.92 Å². The van der Waals surface area contributed by atoms with Crippen LogP contribution in [0.1, 0.15) is 50.2 Å². The molecule has 1 aliphatic rings. The first-order chi connectivity index (χ1) is 9.17. The molecule has 0 aliphatic carbocycles. The molecule has 1 N–H and O–H groups in total. The Balaban J connectivity index is 2.37. The van der Waals surface area contributed by atoms with Gasteiger partial charge in [-0.3, -0.25) is 14.9 Å². The normalized spacial score (nSPS) is 23.3. The third-order valence-electron chi connectivity index (χ3n) is 3.93. The van der Waals surface area contributed by atoms with Crippen molar-refractivity contribution in [3.05, 3.63) is 35.4 Å². The fourth-order valence-electron chi connectivity index (χ4n) is 2.99. The van der Waals surface area contributed by atoms with E-state index in [9.17, 15) is 9.59 Å². The van der Waals surface area contributed by atoms with E-state index in [1.807, 2.05) is 12.1 Å². The second kappa shape index (κ2) is 6.00. The smallest absolute Gasteiger partial charge is 0.230 e. The van der Waals surface area contributed by atoms with E-state index in [1.54, 1.807) is 0 Å². The Morgan fingerprint density at radius 3 is 2.63 bits per heavy atom. The first-order valence-corrected chi connectivity index (χ1v) is 7.08. The van der Waals surface area contributed by atoms with Crippen LogP contribution in [-0.4, -0.2) is 11.8 Å². The van der Waals surface area contributed by atoms with Gasteiger partial charge in [-0.2, -0.15) is 0 Å². The summed E-state index contributed by atoms with van der Waals surface area (Å²) in [4.78, 5) is 23.7. The lowest BCUT2D eigenvalue weighted by atomic mass is 9.76. The Kier molecular flexibility index (Phi) is 4.35. The molecule has 1 heterocycles. The molecule has 3 heteroatoms. The minimum Gasteiger partial charge on any atom is -0.296 e. The van der Waals surface area contributed by atoms with Crippen LogP contribution in [0.15, 0.2) is 24.3 Å². The number of hydrogen-bond acceptors (Lipinski definition) is 2. The summed E-state index contributed by atoms with van der Waals surface area (Å²) in [6, 6.07) is 8.17. The molecule has 2 atom stereocenters. The average Bonchev–Trinajstić information content (AvgIpc) is 2.41. The third-order valence-corrected chi connectivity index (χ3v) is 3.93. The van der Waals surface area contributed by atoms with E-state index in [1.165, 1.54) is 11.1 Å². The summed E-state index contributed by atoms with van der Waals surface area (Å²) in [5.41, 5.74) is 2.42. The Hall–Kier alpha value is -1.64. The van der Waals surface area contributed by atoms with Crippen LogP contribution in [0.5, 0.6) is 0 Å². The second-order valence-electron chi connectivity index (χ2n) is 5.17. The summed E-state index contributed by atoms with van der Waals surface area (Å²) in [7, 11) is 0. The predicted molar refractivity (Wildman–Crippen MR) is 74.7 cm³/mol. The zero-order valence-electron chi connectivity index (χ0n) is 11.6. The van der Waals surface area contributed by atoms with Gasteiger partial charge in [-0.25, -0.2) is 0 Å². The van der Waals surface area contributed by atoms with E-state index in [2.05, 4.69) is 31.3 Å². The number of benzene rings is 1. The predicted octanol–water partition coefficient (Wildman–Crippen LogP) is 2.80. The number of carbonyl (C=O) groups excluding carboxylic acids is 2. The lowest BCUT2D eigenvalue weighted by Gasteiger charge is -2.31. The third kappa shape index (κ3) is 2.86. The summed E-state index contributed by atoms with van der Waals surface area (Å²) < 4.78 is 0. The number of rotatable bonds is 4. The van der Waals surface area contributed by atoms with Gasteiger partial charge in [-0.05, 0) is 24.0 Å². The van der Waals surface area contributed by atoms with Crippen LogP contribution >= 0.6 is 0 Å². The van der Waals surface area contributed by atoms with Gasteiger partial charge in [0.2, 0.25) is 11.8 Å². The van der Waals surface area contributed by atoms with Crippen LogP contribution in [0.4, 0.5) is 0 Å². The maximum absolute atomic E-state index is 12.0. The molecular weight excluding hydrogens is 238 g/mol. The summed E-state index contributed by atoms with van der Waals surface area (Å²) in [5.74, 6) is -0.282. The summed E-state index contributed by atoms with van der Waals surface area (Å²) in [5, 5.41) is 2.47. The molecule has 2 rings (SSSR count). The first kappa shape index (κ1) is 13.8. The molecule has 2 amide bonds. The Morgan fingerprint density at radius 1 is 1.21 bits per heavy atom. The van der Waals surface area contributed by atoms with Gasteiger partial charge in [0.05, 0.1) is 0 Å². The van der Waals surface area contributed by atoms with Crippen LogP contribution < -0.4 is 5.32 Å². The van der Waals surface area contributed by atoms with Gasteiger partial charge in [0.15, 0.2) is 0 Å². The fraction of sp³-hybridized carbons (Fsp3) is 0.500. The van der Waals surface area contributed by atoms with Crippen LogP contribution in [0.3, 0.4) is 0 Å². The van der Waals surface area contributed by atoms with Gasteiger partial charge in [-0.15, -0.1) is 0 Å². The molecule has 0 aromatic heterocycles. The van der Waals surface area contributed by atoms with E-state index in [0.717, 1.165) is 19.3 Å². The van der Waals surface area contributed by atoms with Gasteiger partial charge in [0.1, 0.15) is 0 Å². The molecule has 1 aromatic carbocycles. The van der Waals surface area contributed by atoms with Gasteiger partial charge >= 0.3 is 0 Å². The van der Waals surface area contributed by atoms with E-state index < -0.39 is 0 Å². The highest BCUT2D eigenvalue weighted by molar-refractivity contribution is 5.99. The van der Waals surface area contributed by atoms with Crippen LogP contribution in [-0.2, 0) is 16.0 Å². The molecule has 19 heavy (non-hydrogen) atoms. The number of piperidine rings is 1. The van der Waals surface area contributed by atoms with E-state index in [-0.39, 0.29) is 23.7 Å². The zero-order chi connectivity index (χ0) is 13.8. The van der Waals surface area contributed by atoms with Gasteiger partial charge in [0, 0.05) is 18.3 Å². The fourth-order valence-corrected chi connectivity index (χ4v) is 2.99. The van der Waals surface area contributed by atoms with E-state index in [4.69, 9.17) is 0 Å². The molecule has 0 saturated carbocycles. The maximum atomic E-state index is 12.0. The Labute approximate surface area is 114 Å². The van der Waals surface area contributed by atoms with Gasteiger partial charge in [-0.1, -0.05) is 44.5 Å². The molecule has 1 fully saturated rings. The molecule has 102 valence electrons. The highest BCUT2D eigenvalue weighted by Gasteiger charge is 2.36. The molecule has 0 spiro atoms. The largest absolute Gasteiger partial charge is 0.296 e. The quantitative estimate of drug-likeness (QED) is 0.845. The molecule has 0 bridgehead atoms. The number of hydrogen-bond donors (Lipinski definition) is 1. The Bertz CT molecular complexity index is 481. The van der Waals surface area contributed by atoms with Crippen molar-refractivity contribution in [1.82, 2.24) is 5.32 Å². The summed E-state index contributed by atoms with van der Waals surface area (Å²) in [6.45, 7) is 4.19. The molecule has 2 unspecified atom stereocenters. The van der Waals surface area contributed by atoms with Crippen molar-refractivity contribution < 1.29 is 9.59 Å². The van der Waals surface area contributed by atoms with Crippen molar-refractivity contribution in [1.29, 1.82) is 0 Å². The summed E-state index contributed by atoms with van der Waals surface area (Å²) in [6.07, 6.45) is 3.15. The Morgan fingerprint density at radius 2 is 1.95 bits per heavy atom. The van der Waals surface area contributed by atoms with Crippen molar-refractivity contribution in [2.45, 2.75) is 45.4 Å². The molecule has 1 aromatic rings. The molecule has 3 nitrogen and oxygen atoms in total. The molecule has 0 radical (unpaired) electrons. The topological polar surface area (TPSA) is 46.2 Å². The van der Waals surface area contributed by atoms with Crippen molar-refractivity contribution >= 4 is 11.8 Å². The van der Waals surface area contributed by atoms with E-state index >= 15 is 0 Å². The van der Waals surface area contributed by atoms with Crippen LogP contribution in [0.25, 0.3) is 0 Å². The molecule has 1 aliphatic heterocycles. The van der Waals surface area contributed by atoms with Crippen molar-refractivity contribution in [3.63, 3.8) is 0 Å². The maximum Gasteiger partial charge on any atom is 0.230 e. The molecular formula is C16H21NO2. The first-order valence-electron chi connectivity index (χ1n) is 7.08. The minimum absolute atomic E-state index is 0.0392. The second-order valence-corrected chi connectivity index (χ2v) is 5.17. The minimum atomic E-state index is -0.145. The van der Waals surface area contributed by atoms with Gasteiger partial charge < -0.3 is 0 Å². The SMILES string of the molecule is CCCC1C(=O)NC(=O)CC1c1ccccc1CC.